The Bertz CT molecular complexity index is 1660. The van der Waals surface area contributed by atoms with Gasteiger partial charge in [-0.25, -0.2) is 4.68 Å². The number of carbonyl (C=O) groups is 2. The minimum Gasteiger partial charge on any atom is -0.491 e. The van der Waals surface area contributed by atoms with Crippen molar-refractivity contribution < 1.29 is 37.7 Å². The lowest BCUT2D eigenvalue weighted by Gasteiger charge is -2.36. The number of benzene rings is 1. The van der Waals surface area contributed by atoms with Crippen molar-refractivity contribution in [2.24, 2.45) is 11.7 Å². The molecule has 1 atom stereocenters. The molecule has 1 aliphatic rings. The van der Waals surface area contributed by atoms with Crippen molar-refractivity contribution in [1.82, 2.24) is 24.7 Å². The summed E-state index contributed by atoms with van der Waals surface area (Å²) in [5.41, 5.74) is 5.08. The zero-order chi connectivity index (χ0) is 31.1. The van der Waals surface area contributed by atoms with Gasteiger partial charge in [0.1, 0.15) is 24.0 Å². The van der Waals surface area contributed by atoms with Crippen LogP contribution in [0, 0.1) is 5.92 Å². The quantitative estimate of drug-likeness (QED) is 0.222. The first-order chi connectivity index (χ1) is 20.3. The van der Waals surface area contributed by atoms with E-state index >= 15 is 0 Å². The van der Waals surface area contributed by atoms with Gasteiger partial charge in [0.25, 0.3) is 11.8 Å². The Kier molecular flexibility index (Phi) is 8.14. The van der Waals surface area contributed by atoms with Crippen LogP contribution < -0.4 is 25.3 Å². The molecular weight excluding hydrogens is 566 g/mol. The second kappa shape index (κ2) is 11.7. The Morgan fingerprint density at radius 1 is 1.19 bits per heavy atom. The smallest absolute Gasteiger partial charge is 0.333 e. The van der Waals surface area contributed by atoms with Gasteiger partial charge < -0.3 is 30.4 Å². The molecule has 0 unspecified atom stereocenters. The largest absolute Gasteiger partial charge is 0.491 e. The van der Waals surface area contributed by atoms with E-state index < -0.39 is 24.0 Å². The van der Waals surface area contributed by atoms with Gasteiger partial charge in [-0.05, 0) is 64.2 Å². The number of ether oxygens (including phenoxy) is 3. The number of rotatable bonds is 12. The number of primary amides is 1. The molecule has 0 bridgehead atoms. The minimum atomic E-state index is -2.97. The van der Waals surface area contributed by atoms with Gasteiger partial charge in [-0.2, -0.15) is 18.4 Å². The number of aliphatic hydroxyl groups is 1. The topological polar surface area (TPSA) is 155 Å². The van der Waals surface area contributed by atoms with Gasteiger partial charge in [0.2, 0.25) is 11.8 Å². The van der Waals surface area contributed by atoms with Crippen LogP contribution >= 0.6 is 0 Å². The molecule has 5 rings (SSSR count). The number of hydrogen-bond acceptors (Lipinski definition) is 8. The lowest BCUT2D eigenvalue weighted by atomic mass is 9.78. The molecule has 2 amide bonds. The van der Waals surface area contributed by atoms with Crippen molar-refractivity contribution in [2.45, 2.75) is 64.3 Å². The molecule has 43 heavy (non-hydrogen) atoms. The first kappa shape index (κ1) is 30.0. The fraction of sp³-hybridized carbons (Fsp3) is 0.448. The summed E-state index contributed by atoms with van der Waals surface area (Å²) < 4.78 is 46.3. The van der Waals surface area contributed by atoms with E-state index in [1.165, 1.54) is 23.8 Å². The zero-order valence-corrected chi connectivity index (χ0v) is 24.2. The summed E-state index contributed by atoms with van der Waals surface area (Å²) >= 11 is 0. The van der Waals surface area contributed by atoms with Crippen molar-refractivity contribution in [3.63, 3.8) is 0 Å². The summed E-state index contributed by atoms with van der Waals surface area (Å²) in [4.78, 5) is 25.3. The Morgan fingerprint density at radius 3 is 2.58 bits per heavy atom. The van der Waals surface area contributed by atoms with Crippen molar-refractivity contribution in [3.05, 3.63) is 47.7 Å². The van der Waals surface area contributed by atoms with E-state index in [1.54, 1.807) is 38.1 Å². The summed E-state index contributed by atoms with van der Waals surface area (Å²) in [6.07, 6.45) is 1.76. The van der Waals surface area contributed by atoms with Crippen molar-refractivity contribution in [3.8, 4) is 17.5 Å². The standard InChI is InChI=1S/C29H34F2N6O6/c1-15(10-16-11-18(12-16)43-27-23(25(32)38)20-6-5-7-22(41-4)36(20)35-27)33-26(39)24-19-9-8-17(42-14-29(2,3)40)13-21(19)37(34-24)28(30)31/h5-9,13,15-16,18,28,40H,10-12,14H2,1-4H3,(H2,32,38)(H,33,39)/t15-,16?,18?/m0/s1. The van der Waals surface area contributed by atoms with E-state index in [1.807, 2.05) is 6.92 Å². The molecule has 1 saturated carbocycles. The first-order valence-electron chi connectivity index (χ1n) is 13.8. The molecule has 0 radical (unpaired) electrons. The van der Waals surface area contributed by atoms with Crippen LogP contribution in [0.15, 0.2) is 36.4 Å². The van der Waals surface area contributed by atoms with Gasteiger partial charge in [0, 0.05) is 23.6 Å². The number of alkyl halides is 2. The number of carbonyl (C=O) groups excluding carboxylic acids is 2. The van der Waals surface area contributed by atoms with E-state index in [0.717, 1.165) is 0 Å². The minimum absolute atomic E-state index is 0.0416. The van der Waals surface area contributed by atoms with Crippen LogP contribution in [0.2, 0.25) is 0 Å². The molecule has 1 aliphatic carbocycles. The molecule has 14 heteroatoms. The van der Waals surface area contributed by atoms with Crippen LogP contribution in [-0.4, -0.2) is 67.8 Å². The molecule has 0 aliphatic heterocycles. The van der Waals surface area contributed by atoms with E-state index in [-0.39, 0.29) is 58.5 Å². The van der Waals surface area contributed by atoms with Gasteiger partial charge in [-0.3, -0.25) is 9.59 Å². The third-order valence-electron chi connectivity index (χ3n) is 7.25. The van der Waals surface area contributed by atoms with Gasteiger partial charge in [0.15, 0.2) is 5.69 Å². The van der Waals surface area contributed by atoms with Crippen LogP contribution in [-0.2, 0) is 0 Å². The summed E-state index contributed by atoms with van der Waals surface area (Å²) in [7, 11) is 1.50. The Labute approximate surface area is 245 Å². The van der Waals surface area contributed by atoms with Crippen LogP contribution in [0.3, 0.4) is 0 Å². The highest BCUT2D eigenvalue weighted by Gasteiger charge is 2.34. The van der Waals surface area contributed by atoms with Gasteiger partial charge in [-0.1, -0.05) is 6.07 Å². The molecule has 0 saturated heterocycles. The number of pyridine rings is 1. The molecule has 3 aromatic heterocycles. The third kappa shape index (κ3) is 6.33. The number of nitrogens with two attached hydrogens (primary N) is 1. The fourth-order valence-corrected chi connectivity index (χ4v) is 5.25. The average Bonchev–Trinajstić information content (AvgIpc) is 3.48. The predicted octanol–water partition coefficient (Wildman–Crippen LogP) is 3.70. The first-order valence-corrected chi connectivity index (χ1v) is 13.8. The Morgan fingerprint density at radius 2 is 1.93 bits per heavy atom. The summed E-state index contributed by atoms with van der Waals surface area (Å²) in [5.74, 6) is -0.184. The van der Waals surface area contributed by atoms with E-state index in [0.29, 0.717) is 35.3 Å². The highest BCUT2D eigenvalue weighted by atomic mass is 19.3. The van der Waals surface area contributed by atoms with Crippen LogP contribution in [0.4, 0.5) is 8.78 Å². The number of hydrogen-bond donors (Lipinski definition) is 3. The second-order valence-electron chi connectivity index (χ2n) is 11.4. The maximum Gasteiger partial charge on any atom is 0.333 e. The summed E-state index contributed by atoms with van der Waals surface area (Å²) in [6, 6.07) is 9.28. The lowest BCUT2D eigenvalue weighted by Crippen LogP contribution is -2.40. The molecule has 4 aromatic rings. The van der Waals surface area contributed by atoms with Gasteiger partial charge in [0.05, 0.1) is 23.7 Å². The van der Waals surface area contributed by atoms with E-state index in [9.17, 15) is 23.5 Å². The highest BCUT2D eigenvalue weighted by molar-refractivity contribution is 6.05. The van der Waals surface area contributed by atoms with E-state index in [4.69, 9.17) is 19.9 Å². The van der Waals surface area contributed by atoms with Gasteiger partial charge in [-0.15, -0.1) is 5.10 Å². The monoisotopic (exact) mass is 600 g/mol. The third-order valence-corrected chi connectivity index (χ3v) is 7.25. The number of aromatic nitrogens is 4. The van der Waals surface area contributed by atoms with Crippen molar-refractivity contribution in [2.75, 3.05) is 13.7 Å². The number of nitrogens with one attached hydrogen (secondary N) is 1. The molecule has 1 aromatic carbocycles. The Hall–Kier alpha value is -4.46. The maximum atomic E-state index is 13.8. The molecule has 4 N–H and O–H groups in total. The fourth-order valence-electron chi connectivity index (χ4n) is 5.25. The second-order valence-corrected chi connectivity index (χ2v) is 11.4. The maximum absolute atomic E-state index is 13.8. The van der Waals surface area contributed by atoms with Gasteiger partial charge >= 0.3 is 6.55 Å². The molecular formula is C29H34F2N6O6. The molecule has 12 nitrogen and oxygen atoms in total. The number of methoxy groups -OCH3 is 1. The predicted molar refractivity (Wildman–Crippen MR) is 152 cm³/mol. The van der Waals surface area contributed by atoms with Crippen LogP contribution in [0.1, 0.15) is 67.4 Å². The number of fused-ring (bicyclic) bond motifs is 2. The summed E-state index contributed by atoms with van der Waals surface area (Å²) in [6.45, 7) is 1.95. The zero-order valence-electron chi connectivity index (χ0n) is 24.2. The molecule has 1 fully saturated rings. The SMILES string of the molecule is COc1cccc2c(C(N)=O)c(OC3CC(C[C@H](C)NC(=O)c4nn(C(F)F)c5cc(OCC(C)(C)O)ccc45)C3)nn12. The average molecular weight is 601 g/mol. The Balaban J connectivity index is 1.21. The van der Waals surface area contributed by atoms with Crippen LogP contribution in [0.25, 0.3) is 16.4 Å². The number of amides is 2. The van der Waals surface area contributed by atoms with E-state index in [2.05, 4.69) is 15.5 Å². The lowest BCUT2D eigenvalue weighted by molar-refractivity contribution is 0.0284. The van der Waals surface area contributed by atoms with Crippen LogP contribution in [0.5, 0.6) is 17.5 Å². The molecule has 230 valence electrons. The molecule has 0 spiro atoms. The number of halogens is 2. The normalized spacial score (nSPS) is 17.6. The van der Waals surface area contributed by atoms with Crippen molar-refractivity contribution >= 4 is 28.2 Å². The number of nitrogens with zero attached hydrogens (tertiary/aromatic N) is 4. The summed E-state index contributed by atoms with van der Waals surface area (Å²) in [5, 5.41) is 21.3. The highest BCUT2D eigenvalue weighted by Crippen LogP contribution is 2.36. The van der Waals surface area contributed by atoms with Crippen molar-refractivity contribution in [1.29, 1.82) is 0 Å². The molecule has 3 heterocycles.